The lowest BCUT2D eigenvalue weighted by atomic mass is 9.79. The van der Waals surface area contributed by atoms with Crippen LogP contribution in [-0.4, -0.2) is 26.0 Å². The summed E-state index contributed by atoms with van der Waals surface area (Å²) < 4.78 is 15.7. The van der Waals surface area contributed by atoms with E-state index in [4.69, 9.17) is 20.5 Å². The molecule has 0 aromatic heterocycles. The van der Waals surface area contributed by atoms with Crippen LogP contribution in [-0.2, 0) is 19.0 Å². The molecule has 126 valence electrons. The molecule has 0 spiro atoms. The number of ether oxygens (including phenoxy) is 3. The molecule has 0 bridgehead atoms. The Hall–Kier alpha value is -3.02. The molecule has 1 aliphatic heterocycles. The average Bonchev–Trinajstić information content (AvgIpc) is 2.81. The fourth-order valence-corrected chi connectivity index (χ4v) is 2.63. The first-order chi connectivity index (χ1) is 11.2. The SMILES string of the molecule is COC(=O)CC(C)(C)CC1(OC)OC(C#N)=C(N)C1=C(C#N)C#N. The highest BCUT2D eigenvalue weighted by Gasteiger charge is 2.51. The highest BCUT2D eigenvalue weighted by molar-refractivity contribution is 5.70. The lowest BCUT2D eigenvalue weighted by Crippen LogP contribution is -2.40. The van der Waals surface area contributed by atoms with Gasteiger partial charge in [0.2, 0.25) is 11.5 Å². The number of methoxy groups -OCH3 is 2. The molecule has 0 fully saturated rings. The molecule has 1 aliphatic rings. The summed E-state index contributed by atoms with van der Waals surface area (Å²) in [6, 6.07) is 5.26. The van der Waals surface area contributed by atoms with Crippen molar-refractivity contribution in [1.29, 1.82) is 15.8 Å². The van der Waals surface area contributed by atoms with E-state index in [-0.39, 0.29) is 35.4 Å². The largest absolute Gasteiger partial charge is 0.469 e. The van der Waals surface area contributed by atoms with E-state index in [1.807, 2.05) is 0 Å². The summed E-state index contributed by atoms with van der Waals surface area (Å²) in [7, 11) is 2.59. The summed E-state index contributed by atoms with van der Waals surface area (Å²) in [5.41, 5.74) is 4.77. The summed E-state index contributed by atoms with van der Waals surface area (Å²) in [6.07, 6.45) is 0.112. The van der Waals surface area contributed by atoms with Crippen molar-refractivity contribution in [2.24, 2.45) is 11.1 Å². The molecule has 1 atom stereocenters. The maximum Gasteiger partial charge on any atom is 0.306 e. The Bertz CT molecular complexity index is 715. The highest BCUT2D eigenvalue weighted by atomic mass is 16.7. The van der Waals surface area contributed by atoms with Crippen LogP contribution in [0.4, 0.5) is 0 Å². The zero-order chi connectivity index (χ0) is 18.5. The molecule has 8 heteroatoms. The predicted molar refractivity (Wildman–Crippen MR) is 80.9 cm³/mol. The Balaban J connectivity index is 3.44. The molecule has 8 nitrogen and oxygen atoms in total. The fraction of sp³-hybridized carbons (Fsp3) is 0.500. The summed E-state index contributed by atoms with van der Waals surface area (Å²) in [5.74, 6) is -2.27. The van der Waals surface area contributed by atoms with E-state index in [1.54, 1.807) is 32.1 Å². The van der Waals surface area contributed by atoms with Crippen LogP contribution in [0.25, 0.3) is 0 Å². The van der Waals surface area contributed by atoms with Crippen LogP contribution in [0.5, 0.6) is 0 Å². The van der Waals surface area contributed by atoms with Crippen LogP contribution >= 0.6 is 0 Å². The van der Waals surface area contributed by atoms with Crippen molar-refractivity contribution in [2.45, 2.75) is 32.5 Å². The molecule has 0 radical (unpaired) electrons. The second kappa shape index (κ2) is 7.04. The second-order valence-electron chi connectivity index (χ2n) is 5.98. The third kappa shape index (κ3) is 3.48. The van der Waals surface area contributed by atoms with Gasteiger partial charge in [-0.25, -0.2) is 0 Å². The number of carbonyl (C=O) groups is 1. The Labute approximate surface area is 140 Å². The van der Waals surface area contributed by atoms with Crippen molar-refractivity contribution in [3.63, 3.8) is 0 Å². The van der Waals surface area contributed by atoms with Crippen LogP contribution in [0, 0.1) is 39.4 Å². The van der Waals surface area contributed by atoms with Crippen LogP contribution in [0.1, 0.15) is 26.7 Å². The average molecular weight is 330 g/mol. The van der Waals surface area contributed by atoms with Gasteiger partial charge in [0.1, 0.15) is 23.8 Å². The highest BCUT2D eigenvalue weighted by Crippen LogP contribution is 2.46. The van der Waals surface area contributed by atoms with Gasteiger partial charge in [0.25, 0.3) is 0 Å². The molecule has 1 unspecified atom stereocenters. The van der Waals surface area contributed by atoms with Crippen LogP contribution in [0.3, 0.4) is 0 Å². The number of nitriles is 3. The van der Waals surface area contributed by atoms with Gasteiger partial charge in [-0.3, -0.25) is 4.79 Å². The van der Waals surface area contributed by atoms with Crippen LogP contribution in [0.2, 0.25) is 0 Å². The Morgan fingerprint density at radius 2 is 1.88 bits per heavy atom. The molecule has 1 rings (SSSR count). The quantitative estimate of drug-likeness (QED) is 0.588. The number of nitrogens with two attached hydrogens (primary N) is 1. The molecule has 1 heterocycles. The molecule has 0 aliphatic carbocycles. The Kier molecular flexibility index (Phi) is 5.58. The van der Waals surface area contributed by atoms with Crippen molar-refractivity contribution in [3.05, 3.63) is 22.6 Å². The van der Waals surface area contributed by atoms with E-state index >= 15 is 0 Å². The zero-order valence-corrected chi connectivity index (χ0v) is 14.0. The molecule has 0 aromatic rings. The van der Waals surface area contributed by atoms with Crippen molar-refractivity contribution < 1.29 is 19.0 Å². The number of nitrogens with zero attached hydrogens (tertiary/aromatic N) is 3. The third-order valence-electron chi connectivity index (χ3n) is 3.63. The number of hydrogen-bond acceptors (Lipinski definition) is 8. The summed E-state index contributed by atoms with van der Waals surface area (Å²) in [4.78, 5) is 11.6. The number of carbonyl (C=O) groups excluding carboxylic acids is 1. The molecule has 24 heavy (non-hydrogen) atoms. The van der Waals surface area contributed by atoms with Crippen molar-refractivity contribution in [2.75, 3.05) is 14.2 Å². The lowest BCUT2D eigenvalue weighted by Gasteiger charge is -2.36. The topological polar surface area (TPSA) is 142 Å². The number of rotatable bonds is 5. The second-order valence-corrected chi connectivity index (χ2v) is 5.98. The summed E-state index contributed by atoms with van der Waals surface area (Å²) in [6.45, 7) is 3.54. The number of allylic oxidation sites excluding steroid dienone is 2. The first-order valence-corrected chi connectivity index (χ1v) is 6.96. The minimum absolute atomic E-state index is 0.00416. The van der Waals surface area contributed by atoms with Gasteiger partial charge in [0, 0.05) is 13.5 Å². The normalized spacial score (nSPS) is 19.8. The molecule has 0 saturated carbocycles. The van der Waals surface area contributed by atoms with Gasteiger partial charge in [-0.2, -0.15) is 15.8 Å². The van der Waals surface area contributed by atoms with Crippen molar-refractivity contribution >= 4 is 5.97 Å². The van der Waals surface area contributed by atoms with E-state index in [0.717, 1.165) is 0 Å². The summed E-state index contributed by atoms with van der Waals surface area (Å²) >= 11 is 0. The molecule has 0 amide bonds. The maximum atomic E-state index is 11.6. The van der Waals surface area contributed by atoms with E-state index < -0.39 is 17.2 Å². The van der Waals surface area contributed by atoms with Crippen molar-refractivity contribution in [1.82, 2.24) is 0 Å². The minimum Gasteiger partial charge on any atom is -0.469 e. The third-order valence-corrected chi connectivity index (χ3v) is 3.63. The van der Waals surface area contributed by atoms with E-state index in [2.05, 4.69) is 4.74 Å². The lowest BCUT2D eigenvalue weighted by molar-refractivity contribution is -0.178. The fourth-order valence-electron chi connectivity index (χ4n) is 2.63. The Morgan fingerprint density at radius 3 is 2.29 bits per heavy atom. The van der Waals surface area contributed by atoms with Gasteiger partial charge in [0.15, 0.2) is 0 Å². The maximum absolute atomic E-state index is 11.6. The molecular formula is C16H18N4O4. The molecule has 2 N–H and O–H groups in total. The van der Waals surface area contributed by atoms with Gasteiger partial charge >= 0.3 is 5.97 Å². The minimum atomic E-state index is -1.60. The van der Waals surface area contributed by atoms with Gasteiger partial charge in [-0.05, 0) is 5.41 Å². The van der Waals surface area contributed by atoms with E-state index in [0.29, 0.717) is 0 Å². The molecule has 0 aromatic carbocycles. The standard InChI is InChI=1S/C16H18N4O4/c1-15(2,5-12(21)22-3)9-16(23-4)13(10(6-17)7-18)14(20)11(8-19)24-16/h5,9,20H2,1-4H3. The van der Waals surface area contributed by atoms with Crippen LogP contribution in [0.15, 0.2) is 22.6 Å². The zero-order valence-electron chi connectivity index (χ0n) is 14.0. The first kappa shape index (κ1) is 19.0. The van der Waals surface area contributed by atoms with E-state index in [9.17, 15) is 15.3 Å². The first-order valence-electron chi connectivity index (χ1n) is 6.96. The predicted octanol–water partition coefficient (Wildman–Crippen LogP) is 1.38. The smallest absolute Gasteiger partial charge is 0.306 e. The van der Waals surface area contributed by atoms with E-state index in [1.165, 1.54) is 14.2 Å². The van der Waals surface area contributed by atoms with Gasteiger partial charge in [0.05, 0.1) is 24.8 Å². The molecule has 0 saturated heterocycles. The van der Waals surface area contributed by atoms with Gasteiger partial charge in [-0.15, -0.1) is 0 Å². The van der Waals surface area contributed by atoms with Gasteiger partial charge in [-0.1, -0.05) is 13.8 Å². The van der Waals surface area contributed by atoms with Crippen molar-refractivity contribution in [3.8, 4) is 18.2 Å². The number of hydrogen-bond donors (Lipinski definition) is 1. The van der Waals surface area contributed by atoms with Gasteiger partial charge < -0.3 is 19.9 Å². The van der Waals surface area contributed by atoms with Crippen LogP contribution < -0.4 is 5.73 Å². The monoisotopic (exact) mass is 330 g/mol. The Morgan fingerprint density at radius 1 is 1.29 bits per heavy atom. The number of esters is 1. The molecular weight excluding hydrogens is 312 g/mol. The summed E-state index contributed by atoms with van der Waals surface area (Å²) in [5, 5.41) is 27.6.